The van der Waals surface area contributed by atoms with E-state index in [0.717, 1.165) is 43.7 Å². The van der Waals surface area contributed by atoms with Crippen LogP contribution in [0, 0.1) is 0 Å². The van der Waals surface area contributed by atoms with Crippen LogP contribution in [-0.2, 0) is 11.2 Å². The molecule has 0 spiro atoms. The Morgan fingerprint density at radius 3 is 2.66 bits per heavy atom. The second-order valence-corrected chi connectivity index (χ2v) is 8.58. The Balaban J connectivity index is 1.55. The number of hydrogen-bond acceptors (Lipinski definition) is 4. The number of urea groups is 1. The largest absolute Gasteiger partial charge is 0.491 e. The summed E-state index contributed by atoms with van der Waals surface area (Å²) in [4.78, 5) is 34.6. The molecular weight excluding hydrogens is 410 g/mol. The van der Waals surface area contributed by atoms with E-state index < -0.39 is 18.2 Å². The number of fused-ring (bicyclic) bond motifs is 1. The lowest BCUT2D eigenvalue weighted by atomic mass is 10.1. The molecule has 1 aromatic carbocycles. The topological polar surface area (TPSA) is 88.7 Å². The number of carbonyl (C=O) groups is 2. The fourth-order valence-corrected chi connectivity index (χ4v) is 4.45. The number of aliphatic imine (C=N–C) groups is 1. The van der Waals surface area contributed by atoms with Crippen LogP contribution in [0.1, 0.15) is 31.7 Å². The predicted molar refractivity (Wildman–Crippen MR) is 120 cm³/mol. The molecule has 0 bridgehead atoms. The number of amides is 3. The first-order chi connectivity index (χ1) is 15.4. The predicted octanol–water partition coefficient (Wildman–Crippen LogP) is 1.15. The average Bonchev–Trinajstić information content (AvgIpc) is 3.20. The van der Waals surface area contributed by atoms with Gasteiger partial charge in [0.1, 0.15) is 18.5 Å². The minimum absolute atomic E-state index is 0.0950. The average molecular weight is 443 g/mol. The van der Waals surface area contributed by atoms with E-state index >= 15 is 0 Å². The third-order valence-corrected chi connectivity index (χ3v) is 6.31. The molecule has 2 unspecified atom stereocenters. The molecule has 9 nitrogen and oxygen atoms in total. The minimum atomic E-state index is -0.837. The van der Waals surface area contributed by atoms with Crippen molar-refractivity contribution in [2.75, 3.05) is 40.3 Å². The van der Waals surface area contributed by atoms with Gasteiger partial charge in [-0.15, -0.1) is 0 Å². The fourth-order valence-electron chi connectivity index (χ4n) is 4.45. The zero-order valence-corrected chi connectivity index (χ0v) is 19.0. The SMILES string of the molecule is CCc1cccc(OCC(O)CN2C(=[N+]3CCCCC3)N=C3C2C(=O)N(C)C(=O)N3C)c1. The molecule has 1 aromatic rings. The van der Waals surface area contributed by atoms with Crippen molar-refractivity contribution in [3.63, 3.8) is 0 Å². The van der Waals surface area contributed by atoms with E-state index in [0.29, 0.717) is 17.5 Å². The van der Waals surface area contributed by atoms with Gasteiger partial charge in [-0.1, -0.05) is 24.0 Å². The standard InChI is InChI=1S/C23H32N5O4/c1-4-16-9-8-10-18(13-16)32-15-17(29)14-28-19-20(25(2)23(31)26(3)21(19)30)24-22(28)27-11-6-5-7-12-27/h8-10,13,17,19,29H,4-7,11-12,14-15H2,1-3H3/q+1. The zero-order valence-electron chi connectivity index (χ0n) is 19.0. The molecule has 3 amide bonds. The Morgan fingerprint density at radius 2 is 1.94 bits per heavy atom. The molecule has 1 N–H and O–H groups in total. The van der Waals surface area contributed by atoms with Gasteiger partial charge in [-0.3, -0.25) is 19.2 Å². The van der Waals surface area contributed by atoms with Gasteiger partial charge in [0.15, 0.2) is 0 Å². The third kappa shape index (κ3) is 4.21. The smallest absolute Gasteiger partial charge is 0.392 e. The highest BCUT2D eigenvalue weighted by Crippen LogP contribution is 2.24. The monoisotopic (exact) mass is 442 g/mol. The third-order valence-electron chi connectivity index (χ3n) is 6.31. The van der Waals surface area contributed by atoms with Crippen molar-refractivity contribution in [3.05, 3.63) is 29.8 Å². The summed E-state index contributed by atoms with van der Waals surface area (Å²) in [6, 6.07) is 6.69. The van der Waals surface area contributed by atoms with Crippen LogP contribution in [-0.4, -0.2) is 101 Å². The van der Waals surface area contributed by atoms with Gasteiger partial charge in [0.25, 0.3) is 5.91 Å². The summed E-state index contributed by atoms with van der Waals surface area (Å²) >= 11 is 0. The molecule has 3 heterocycles. The van der Waals surface area contributed by atoms with Gasteiger partial charge >= 0.3 is 12.0 Å². The van der Waals surface area contributed by atoms with Crippen LogP contribution < -0.4 is 4.74 Å². The Kier molecular flexibility index (Phi) is 6.45. The summed E-state index contributed by atoms with van der Waals surface area (Å²) in [7, 11) is 3.12. The van der Waals surface area contributed by atoms with E-state index in [1.54, 1.807) is 7.05 Å². The van der Waals surface area contributed by atoms with Crippen molar-refractivity contribution in [1.82, 2.24) is 14.7 Å². The quantitative estimate of drug-likeness (QED) is 0.668. The number of aliphatic hydroxyl groups is 1. The molecule has 9 heteroatoms. The highest BCUT2D eigenvalue weighted by atomic mass is 16.5. The summed E-state index contributed by atoms with van der Waals surface area (Å²) in [6.45, 7) is 4.04. The first-order valence-corrected chi connectivity index (χ1v) is 11.3. The molecule has 0 aromatic heterocycles. The maximum absolute atomic E-state index is 13.0. The van der Waals surface area contributed by atoms with Crippen LogP contribution in [0.4, 0.5) is 4.79 Å². The Bertz CT molecular complexity index is 951. The van der Waals surface area contributed by atoms with E-state index in [9.17, 15) is 14.7 Å². The molecule has 2 atom stereocenters. The van der Waals surface area contributed by atoms with Gasteiger partial charge < -0.3 is 9.84 Å². The van der Waals surface area contributed by atoms with Crippen molar-refractivity contribution in [2.45, 2.75) is 44.8 Å². The minimum Gasteiger partial charge on any atom is -0.491 e. The van der Waals surface area contributed by atoms with Gasteiger partial charge in [0, 0.05) is 14.1 Å². The number of benzene rings is 1. The van der Waals surface area contributed by atoms with E-state index in [1.807, 2.05) is 29.2 Å². The van der Waals surface area contributed by atoms with Crippen LogP contribution >= 0.6 is 0 Å². The number of ether oxygens (including phenoxy) is 1. The molecular formula is C23H32N5O4+. The number of imide groups is 1. The van der Waals surface area contributed by atoms with Crippen molar-refractivity contribution in [1.29, 1.82) is 0 Å². The van der Waals surface area contributed by atoms with Crippen LogP contribution in [0.15, 0.2) is 29.3 Å². The van der Waals surface area contributed by atoms with Crippen LogP contribution in [0.25, 0.3) is 0 Å². The van der Waals surface area contributed by atoms with E-state index in [4.69, 9.17) is 9.73 Å². The molecule has 4 rings (SSSR count). The highest BCUT2D eigenvalue weighted by molar-refractivity contribution is 6.25. The van der Waals surface area contributed by atoms with Gasteiger partial charge in [0.05, 0.1) is 19.6 Å². The van der Waals surface area contributed by atoms with Gasteiger partial charge in [-0.2, -0.15) is 0 Å². The normalized spacial score (nSPS) is 22.3. The number of carbonyl (C=O) groups excluding carboxylic acids is 2. The lowest BCUT2D eigenvalue weighted by molar-refractivity contribution is -0.542. The van der Waals surface area contributed by atoms with Gasteiger partial charge in [-0.05, 0) is 43.4 Å². The second kappa shape index (κ2) is 9.28. The van der Waals surface area contributed by atoms with Crippen LogP contribution in [0.3, 0.4) is 0 Å². The van der Waals surface area contributed by atoms with Gasteiger partial charge in [-0.25, -0.2) is 9.69 Å². The number of nitrogens with zero attached hydrogens (tertiary/aromatic N) is 5. The molecule has 2 saturated heterocycles. The summed E-state index contributed by atoms with van der Waals surface area (Å²) in [5.41, 5.74) is 1.17. The maximum atomic E-state index is 13.0. The Morgan fingerprint density at radius 1 is 1.19 bits per heavy atom. The van der Waals surface area contributed by atoms with Crippen molar-refractivity contribution < 1.29 is 24.0 Å². The lowest BCUT2D eigenvalue weighted by Gasteiger charge is -2.33. The fraction of sp³-hybridized carbons (Fsp3) is 0.565. The second-order valence-electron chi connectivity index (χ2n) is 8.58. The van der Waals surface area contributed by atoms with Crippen molar-refractivity contribution >= 4 is 23.7 Å². The molecule has 3 aliphatic rings. The summed E-state index contributed by atoms with van der Waals surface area (Å²) in [6.07, 6.45) is 3.34. The number of hydrogen-bond donors (Lipinski definition) is 1. The van der Waals surface area contributed by atoms with E-state index in [2.05, 4.69) is 11.5 Å². The molecule has 0 radical (unpaired) electrons. The number of likely N-dealkylation sites (N-methyl/N-ethyl adjacent to an activating group) is 2. The molecule has 32 heavy (non-hydrogen) atoms. The first-order valence-electron chi connectivity index (χ1n) is 11.3. The van der Waals surface area contributed by atoms with Crippen LogP contribution in [0.5, 0.6) is 5.75 Å². The molecule has 0 saturated carbocycles. The highest BCUT2D eigenvalue weighted by Gasteiger charge is 2.55. The molecule has 3 aliphatic heterocycles. The van der Waals surface area contributed by atoms with E-state index in [1.165, 1.54) is 17.5 Å². The summed E-state index contributed by atoms with van der Waals surface area (Å²) < 4.78 is 7.98. The number of rotatable bonds is 6. The van der Waals surface area contributed by atoms with Crippen molar-refractivity contribution in [2.24, 2.45) is 4.99 Å². The summed E-state index contributed by atoms with van der Waals surface area (Å²) in [5, 5.41) is 10.8. The van der Waals surface area contributed by atoms with Gasteiger partial charge in [0.2, 0.25) is 11.9 Å². The lowest BCUT2D eigenvalue weighted by Crippen LogP contribution is -2.63. The molecule has 172 valence electrons. The van der Waals surface area contributed by atoms with E-state index in [-0.39, 0.29) is 19.1 Å². The number of β-amino-alcohol motifs (C(OH)–C–C–N with tert-alkyl or cyclic N) is 1. The Hall–Kier alpha value is -2.94. The summed E-state index contributed by atoms with van der Waals surface area (Å²) in [5.74, 6) is 1.45. The number of amidine groups is 1. The number of aliphatic hydroxyl groups excluding tert-OH is 1. The van der Waals surface area contributed by atoms with Crippen LogP contribution in [0.2, 0.25) is 0 Å². The number of guanidine groups is 1. The Labute approximate surface area is 188 Å². The molecule has 0 aliphatic carbocycles. The first kappa shape index (κ1) is 22.3. The number of piperidine rings is 1. The molecule has 2 fully saturated rings. The number of aryl methyl sites for hydroxylation is 1. The zero-order chi connectivity index (χ0) is 22.8. The maximum Gasteiger partial charge on any atom is 0.392 e. The van der Waals surface area contributed by atoms with Crippen molar-refractivity contribution in [3.8, 4) is 5.75 Å².